The van der Waals surface area contributed by atoms with Gasteiger partial charge in [0.05, 0.1) is 6.34 Å². The Hall–Kier alpha value is -0.330. The van der Waals surface area contributed by atoms with E-state index in [-0.39, 0.29) is 6.67 Å². The average Bonchev–Trinajstić information content (AvgIpc) is 2.08. The summed E-state index contributed by atoms with van der Waals surface area (Å²) in [5.74, 6) is 0. The van der Waals surface area contributed by atoms with Gasteiger partial charge in [-0.2, -0.15) is 8.42 Å². The summed E-state index contributed by atoms with van der Waals surface area (Å²) in [5.41, 5.74) is 2.32. The number of hydrogen-bond donors (Lipinski definition) is 1. The standard InChI is InChI=1S/C2H4ClN3O2S/c3-9(7,8)6-2-4-1-5-6/h1H,2H2,(H,4,5). The second-order valence-corrected chi connectivity index (χ2v) is 3.81. The van der Waals surface area contributed by atoms with Crippen LogP contribution >= 0.6 is 10.7 Å². The van der Waals surface area contributed by atoms with E-state index in [1.54, 1.807) is 0 Å². The minimum absolute atomic E-state index is 0.0475. The first kappa shape index (κ1) is 6.79. The van der Waals surface area contributed by atoms with Gasteiger partial charge in [0.25, 0.3) is 0 Å². The summed E-state index contributed by atoms with van der Waals surface area (Å²) in [6.07, 6.45) is 1.26. The predicted molar refractivity (Wildman–Crippen MR) is 33.1 cm³/mol. The van der Waals surface area contributed by atoms with E-state index in [0.29, 0.717) is 0 Å². The molecule has 1 N–H and O–H groups in total. The molecule has 0 amide bonds. The van der Waals surface area contributed by atoms with Crippen molar-refractivity contribution in [2.45, 2.75) is 0 Å². The minimum Gasteiger partial charge on any atom is -0.293 e. The molecular formula is C2H4ClN3O2S. The lowest BCUT2D eigenvalue weighted by molar-refractivity contribution is 0.426. The van der Waals surface area contributed by atoms with Crippen molar-refractivity contribution >= 4 is 26.3 Å². The highest BCUT2D eigenvalue weighted by molar-refractivity contribution is 8.11. The average molecular weight is 170 g/mol. The monoisotopic (exact) mass is 169 g/mol. The molecule has 9 heavy (non-hydrogen) atoms. The number of hydrazine groups is 1. The largest absolute Gasteiger partial charge is 0.318 e. The van der Waals surface area contributed by atoms with Crippen molar-refractivity contribution in [3.63, 3.8) is 0 Å². The molecule has 0 saturated carbocycles. The highest BCUT2D eigenvalue weighted by Gasteiger charge is 2.19. The van der Waals surface area contributed by atoms with Crippen LogP contribution < -0.4 is 5.43 Å². The van der Waals surface area contributed by atoms with Crippen LogP contribution in [0.4, 0.5) is 0 Å². The summed E-state index contributed by atoms with van der Waals surface area (Å²) >= 11 is 0. The molecule has 0 radical (unpaired) electrons. The van der Waals surface area contributed by atoms with Crippen molar-refractivity contribution in [3.8, 4) is 0 Å². The molecule has 1 heterocycles. The van der Waals surface area contributed by atoms with Crippen molar-refractivity contribution < 1.29 is 8.42 Å². The van der Waals surface area contributed by atoms with Gasteiger partial charge in [-0.15, -0.1) is 0 Å². The first-order valence-corrected chi connectivity index (χ1v) is 4.34. The van der Waals surface area contributed by atoms with Crippen molar-refractivity contribution in [1.82, 2.24) is 9.84 Å². The van der Waals surface area contributed by atoms with Gasteiger partial charge < -0.3 is 0 Å². The summed E-state index contributed by atoms with van der Waals surface area (Å²) in [6.45, 7) is 0.0475. The molecule has 1 rings (SSSR count). The zero-order chi connectivity index (χ0) is 6.91. The van der Waals surface area contributed by atoms with Gasteiger partial charge in [0.2, 0.25) is 0 Å². The quantitative estimate of drug-likeness (QED) is 0.527. The van der Waals surface area contributed by atoms with Crippen LogP contribution in [-0.2, 0) is 9.24 Å². The van der Waals surface area contributed by atoms with Gasteiger partial charge in [-0.1, -0.05) is 4.41 Å². The van der Waals surface area contributed by atoms with Gasteiger partial charge in [-0.3, -0.25) is 10.4 Å². The van der Waals surface area contributed by atoms with Crippen LogP contribution in [0.5, 0.6) is 0 Å². The number of aliphatic imine (C=N–C) groups is 1. The maximum atomic E-state index is 10.4. The Balaban J connectivity index is 2.68. The Kier molecular flexibility index (Phi) is 1.60. The molecule has 0 saturated heterocycles. The molecule has 7 heteroatoms. The third-order valence-corrected chi connectivity index (χ3v) is 2.01. The molecule has 0 atom stereocenters. The zero-order valence-corrected chi connectivity index (χ0v) is 5.85. The molecule has 0 aromatic rings. The Morgan fingerprint density at radius 1 is 1.78 bits per heavy atom. The SMILES string of the molecule is O=S(=O)(Cl)N1CN=CN1. The summed E-state index contributed by atoms with van der Waals surface area (Å²) in [4.78, 5) is 3.56. The van der Waals surface area contributed by atoms with Crippen LogP contribution in [0.15, 0.2) is 4.99 Å². The Morgan fingerprint density at radius 3 is 2.67 bits per heavy atom. The van der Waals surface area contributed by atoms with Crippen LogP contribution in [0.25, 0.3) is 0 Å². The first-order valence-electron chi connectivity index (χ1n) is 2.07. The Morgan fingerprint density at radius 2 is 2.44 bits per heavy atom. The first-order chi connectivity index (χ1) is 4.11. The van der Waals surface area contributed by atoms with Crippen LogP contribution in [0.1, 0.15) is 0 Å². The van der Waals surface area contributed by atoms with E-state index in [1.807, 2.05) is 0 Å². The maximum absolute atomic E-state index is 10.4. The van der Waals surface area contributed by atoms with Crippen LogP contribution in [0.2, 0.25) is 0 Å². The summed E-state index contributed by atoms with van der Waals surface area (Å²) < 4.78 is 21.6. The molecule has 0 spiro atoms. The molecule has 0 unspecified atom stereocenters. The van der Waals surface area contributed by atoms with Crippen LogP contribution in [-0.4, -0.2) is 25.8 Å². The minimum atomic E-state index is -3.63. The number of nitrogens with zero attached hydrogens (tertiary/aromatic N) is 2. The second kappa shape index (κ2) is 2.13. The van der Waals surface area contributed by atoms with E-state index < -0.39 is 9.24 Å². The predicted octanol–water partition coefficient (Wildman–Crippen LogP) is -0.724. The molecule has 1 aliphatic heterocycles. The number of hydrogen-bond acceptors (Lipinski definition) is 4. The van der Waals surface area contributed by atoms with Gasteiger partial charge in [0.15, 0.2) is 0 Å². The smallest absolute Gasteiger partial charge is 0.293 e. The van der Waals surface area contributed by atoms with Crippen molar-refractivity contribution in [1.29, 1.82) is 0 Å². The van der Waals surface area contributed by atoms with Crippen molar-refractivity contribution in [3.05, 3.63) is 0 Å². The lowest BCUT2D eigenvalue weighted by Crippen LogP contribution is -2.34. The maximum Gasteiger partial charge on any atom is 0.318 e. The number of halogens is 1. The molecule has 52 valence electrons. The lowest BCUT2D eigenvalue weighted by atomic mass is 11.2. The molecule has 5 nitrogen and oxygen atoms in total. The van der Waals surface area contributed by atoms with Crippen molar-refractivity contribution in [2.24, 2.45) is 4.99 Å². The van der Waals surface area contributed by atoms with E-state index in [0.717, 1.165) is 4.41 Å². The van der Waals surface area contributed by atoms with E-state index in [2.05, 4.69) is 10.4 Å². The summed E-state index contributed by atoms with van der Waals surface area (Å²) in [5, 5.41) is 0. The molecular weight excluding hydrogens is 166 g/mol. The van der Waals surface area contributed by atoms with E-state index in [4.69, 9.17) is 10.7 Å². The fourth-order valence-electron chi connectivity index (χ4n) is 0.393. The van der Waals surface area contributed by atoms with Gasteiger partial charge in [0, 0.05) is 10.7 Å². The van der Waals surface area contributed by atoms with E-state index >= 15 is 0 Å². The molecule has 0 aromatic carbocycles. The highest BCUT2D eigenvalue weighted by Crippen LogP contribution is 2.03. The fraction of sp³-hybridized carbons (Fsp3) is 0.500. The van der Waals surface area contributed by atoms with Crippen molar-refractivity contribution in [2.75, 3.05) is 6.67 Å². The third kappa shape index (κ3) is 1.54. The fourth-order valence-corrected chi connectivity index (χ4v) is 1.02. The lowest BCUT2D eigenvalue weighted by Gasteiger charge is -2.07. The van der Waals surface area contributed by atoms with E-state index in [9.17, 15) is 8.42 Å². The number of nitrogens with one attached hydrogen (secondary N) is 1. The molecule has 0 fully saturated rings. The summed E-state index contributed by atoms with van der Waals surface area (Å²) in [6, 6.07) is 0. The molecule has 0 bridgehead atoms. The second-order valence-electron chi connectivity index (χ2n) is 1.37. The summed E-state index contributed by atoms with van der Waals surface area (Å²) in [7, 11) is 1.26. The van der Waals surface area contributed by atoms with E-state index in [1.165, 1.54) is 6.34 Å². The Bertz CT molecular complexity index is 214. The third-order valence-electron chi connectivity index (χ3n) is 0.766. The molecule has 1 aliphatic rings. The van der Waals surface area contributed by atoms with Gasteiger partial charge >= 0.3 is 9.24 Å². The normalized spacial score (nSPS) is 20.1. The van der Waals surface area contributed by atoms with Crippen LogP contribution in [0, 0.1) is 0 Å². The highest BCUT2D eigenvalue weighted by atomic mass is 35.7. The zero-order valence-electron chi connectivity index (χ0n) is 4.28. The Labute approximate surface area is 56.8 Å². The topological polar surface area (TPSA) is 61.8 Å². The van der Waals surface area contributed by atoms with Gasteiger partial charge in [0.1, 0.15) is 6.67 Å². The molecule has 0 aromatic heterocycles. The van der Waals surface area contributed by atoms with Gasteiger partial charge in [-0.05, 0) is 0 Å². The van der Waals surface area contributed by atoms with Gasteiger partial charge in [-0.25, -0.2) is 0 Å². The van der Waals surface area contributed by atoms with Crippen LogP contribution in [0.3, 0.4) is 0 Å². The molecule has 0 aliphatic carbocycles. The number of rotatable bonds is 1.